The molecule has 2 aromatic carbocycles. The lowest BCUT2D eigenvalue weighted by molar-refractivity contribution is -0.137. The number of fused-ring (bicyclic) bond motifs is 1. The van der Waals surface area contributed by atoms with Gasteiger partial charge in [0.05, 0.1) is 21.9 Å². The van der Waals surface area contributed by atoms with Crippen molar-refractivity contribution in [1.29, 1.82) is 0 Å². The van der Waals surface area contributed by atoms with Crippen molar-refractivity contribution in [2.75, 3.05) is 5.75 Å². The monoisotopic (exact) mass is 462 g/mol. The predicted molar refractivity (Wildman–Crippen MR) is 114 cm³/mol. The molecule has 6 nitrogen and oxygen atoms in total. The van der Waals surface area contributed by atoms with Gasteiger partial charge in [-0.1, -0.05) is 29.8 Å². The maximum absolute atomic E-state index is 13.4. The van der Waals surface area contributed by atoms with E-state index in [9.17, 15) is 17.6 Å². The zero-order chi connectivity index (χ0) is 22.2. The average Bonchev–Trinajstić information content (AvgIpc) is 3.13. The molecule has 4 rings (SSSR count). The number of aliphatic carboxylic acids is 1. The highest BCUT2D eigenvalue weighted by Gasteiger charge is 2.29. The van der Waals surface area contributed by atoms with Gasteiger partial charge in [0.25, 0.3) is 0 Å². The van der Waals surface area contributed by atoms with Crippen molar-refractivity contribution in [2.45, 2.75) is 36.6 Å². The molecule has 1 unspecified atom stereocenters. The van der Waals surface area contributed by atoms with E-state index < -0.39 is 21.6 Å². The summed E-state index contributed by atoms with van der Waals surface area (Å²) < 4.78 is 40.9. The maximum Gasteiger partial charge on any atom is 0.325 e. The van der Waals surface area contributed by atoms with Crippen LogP contribution < -0.4 is 0 Å². The predicted octanol–water partition coefficient (Wildman–Crippen LogP) is 4.32. The third-order valence-corrected chi connectivity index (χ3v) is 7.68. The highest BCUT2D eigenvalue weighted by atomic mass is 35.5. The van der Waals surface area contributed by atoms with Crippen LogP contribution in [0.25, 0.3) is 11.1 Å². The Morgan fingerprint density at radius 1 is 1.19 bits per heavy atom. The number of aromatic nitrogens is 2. The molecule has 162 valence electrons. The Kier molecular flexibility index (Phi) is 5.85. The van der Waals surface area contributed by atoms with Gasteiger partial charge in [-0.15, -0.1) is 0 Å². The second kappa shape index (κ2) is 8.43. The SMILES string of the molecule is O=C(O)Cn1ncc2c1CCCC2CS(=O)(=O)c1ccc(-c2ccc(F)c(Cl)c2)cc1. The van der Waals surface area contributed by atoms with Crippen LogP contribution >= 0.6 is 11.6 Å². The van der Waals surface area contributed by atoms with E-state index in [1.807, 2.05) is 0 Å². The molecule has 0 radical (unpaired) electrons. The molecule has 1 heterocycles. The van der Waals surface area contributed by atoms with Gasteiger partial charge in [0.1, 0.15) is 12.4 Å². The first-order valence-corrected chi connectivity index (χ1v) is 11.8. The second-order valence-electron chi connectivity index (χ2n) is 7.62. The van der Waals surface area contributed by atoms with Crippen molar-refractivity contribution < 1.29 is 22.7 Å². The van der Waals surface area contributed by atoms with Crippen LogP contribution in [-0.4, -0.2) is 35.0 Å². The quantitative estimate of drug-likeness (QED) is 0.589. The Morgan fingerprint density at radius 2 is 1.90 bits per heavy atom. The molecule has 0 fully saturated rings. The Bertz CT molecular complexity index is 1240. The molecule has 1 atom stereocenters. The summed E-state index contributed by atoms with van der Waals surface area (Å²) >= 11 is 5.84. The summed E-state index contributed by atoms with van der Waals surface area (Å²) in [7, 11) is -3.57. The molecule has 0 bridgehead atoms. The smallest absolute Gasteiger partial charge is 0.325 e. The number of rotatable bonds is 6. The van der Waals surface area contributed by atoms with Crippen LogP contribution in [0, 0.1) is 5.82 Å². The number of hydrogen-bond acceptors (Lipinski definition) is 4. The van der Waals surface area contributed by atoms with Crippen LogP contribution in [0.2, 0.25) is 5.02 Å². The minimum atomic E-state index is -3.57. The second-order valence-corrected chi connectivity index (χ2v) is 10.1. The fraction of sp³-hybridized carbons (Fsp3) is 0.273. The van der Waals surface area contributed by atoms with Crippen molar-refractivity contribution in [3.8, 4) is 11.1 Å². The van der Waals surface area contributed by atoms with Gasteiger partial charge >= 0.3 is 5.97 Å². The van der Waals surface area contributed by atoms with E-state index in [0.717, 1.165) is 23.2 Å². The van der Waals surface area contributed by atoms with Gasteiger partial charge in [-0.2, -0.15) is 5.10 Å². The van der Waals surface area contributed by atoms with Gasteiger partial charge in [0, 0.05) is 11.6 Å². The highest BCUT2D eigenvalue weighted by Crippen LogP contribution is 2.34. The topological polar surface area (TPSA) is 89.3 Å². The summed E-state index contributed by atoms with van der Waals surface area (Å²) in [5.74, 6) is -1.79. The standard InChI is InChI=1S/C22H20ClFN2O4S/c23-19-10-15(6-9-20(19)24)14-4-7-17(8-5-14)31(29,30)13-16-2-1-3-21-18(16)11-25-26(21)12-22(27)28/h4-11,16H,1-3,12-13H2,(H,27,28). The molecular formula is C22H20ClFN2O4S. The van der Waals surface area contributed by atoms with Crippen molar-refractivity contribution >= 4 is 27.4 Å². The van der Waals surface area contributed by atoms with Gasteiger partial charge in [-0.05, 0) is 60.2 Å². The molecule has 0 saturated carbocycles. The first kappa shape index (κ1) is 21.5. The summed E-state index contributed by atoms with van der Waals surface area (Å²) in [6.07, 6.45) is 3.77. The largest absolute Gasteiger partial charge is 0.480 e. The number of benzene rings is 2. The lowest BCUT2D eigenvalue weighted by atomic mass is 9.88. The molecule has 31 heavy (non-hydrogen) atoms. The highest BCUT2D eigenvalue weighted by molar-refractivity contribution is 7.91. The summed E-state index contributed by atoms with van der Waals surface area (Å²) in [5.41, 5.74) is 3.04. The van der Waals surface area contributed by atoms with Gasteiger partial charge in [0.15, 0.2) is 9.84 Å². The van der Waals surface area contributed by atoms with Gasteiger partial charge in [-0.25, -0.2) is 12.8 Å². The van der Waals surface area contributed by atoms with Crippen molar-refractivity contribution in [2.24, 2.45) is 0 Å². The van der Waals surface area contributed by atoms with Crippen LogP contribution in [0.4, 0.5) is 4.39 Å². The summed E-state index contributed by atoms with van der Waals surface area (Å²) in [4.78, 5) is 11.2. The van der Waals surface area contributed by atoms with Crippen LogP contribution in [0.1, 0.15) is 30.0 Å². The number of sulfone groups is 1. The number of halogens is 2. The van der Waals surface area contributed by atoms with E-state index in [2.05, 4.69) is 5.10 Å². The van der Waals surface area contributed by atoms with E-state index in [-0.39, 0.29) is 28.1 Å². The fourth-order valence-electron chi connectivity index (χ4n) is 4.04. The zero-order valence-electron chi connectivity index (χ0n) is 16.5. The molecule has 1 aromatic heterocycles. The number of carboxylic acids is 1. The summed E-state index contributed by atoms with van der Waals surface area (Å²) in [6, 6.07) is 10.8. The lowest BCUT2D eigenvalue weighted by Gasteiger charge is -2.23. The molecule has 0 spiro atoms. The minimum absolute atomic E-state index is 0.00532. The van der Waals surface area contributed by atoms with Crippen molar-refractivity contribution in [3.63, 3.8) is 0 Å². The Morgan fingerprint density at radius 3 is 2.58 bits per heavy atom. The molecule has 1 N–H and O–H groups in total. The third kappa shape index (κ3) is 4.50. The molecule has 0 saturated heterocycles. The molecule has 0 amide bonds. The maximum atomic E-state index is 13.4. The number of nitrogens with zero attached hydrogens (tertiary/aromatic N) is 2. The first-order chi connectivity index (χ1) is 14.7. The van der Waals surface area contributed by atoms with E-state index in [4.69, 9.17) is 16.7 Å². The van der Waals surface area contributed by atoms with Gasteiger partial charge < -0.3 is 5.11 Å². The van der Waals surface area contributed by atoms with E-state index >= 15 is 0 Å². The Balaban J connectivity index is 1.55. The number of carboxylic acid groups (broad SMARTS) is 1. The third-order valence-electron chi connectivity index (χ3n) is 5.56. The number of hydrogen-bond donors (Lipinski definition) is 1. The van der Waals surface area contributed by atoms with Gasteiger partial charge in [0.2, 0.25) is 0 Å². The fourth-order valence-corrected chi connectivity index (χ4v) is 5.84. The first-order valence-electron chi connectivity index (χ1n) is 9.79. The Hall–Kier alpha value is -2.71. The zero-order valence-corrected chi connectivity index (χ0v) is 18.0. The summed E-state index contributed by atoms with van der Waals surface area (Å²) in [5, 5.41) is 13.2. The van der Waals surface area contributed by atoms with Crippen molar-refractivity contribution in [3.05, 3.63) is 70.8 Å². The van der Waals surface area contributed by atoms with Crippen LogP contribution in [0.5, 0.6) is 0 Å². The normalized spacial score (nSPS) is 16.1. The molecule has 3 aromatic rings. The van der Waals surface area contributed by atoms with Crippen LogP contribution in [-0.2, 0) is 27.6 Å². The molecule has 1 aliphatic rings. The van der Waals surface area contributed by atoms with E-state index in [0.29, 0.717) is 18.4 Å². The van der Waals surface area contributed by atoms with Gasteiger partial charge in [-0.3, -0.25) is 9.48 Å². The summed E-state index contributed by atoms with van der Waals surface area (Å²) in [6.45, 7) is -0.232. The van der Waals surface area contributed by atoms with Crippen LogP contribution in [0.3, 0.4) is 0 Å². The minimum Gasteiger partial charge on any atom is -0.480 e. The van der Waals surface area contributed by atoms with Crippen molar-refractivity contribution in [1.82, 2.24) is 9.78 Å². The molecular weight excluding hydrogens is 443 g/mol. The molecule has 9 heteroatoms. The average molecular weight is 463 g/mol. The van der Waals surface area contributed by atoms with E-state index in [1.165, 1.54) is 16.8 Å². The molecule has 0 aliphatic heterocycles. The molecule has 1 aliphatic carbocycles. The number of carbonyl (C=O) groups is 1. The van der Waals surface area contributed by atoms with E-state index in [1.54, 1.807) is 36.5 Å². The lowest BCUT2D eigenvalue weighted by Crippen LogP contribution is -2.21. The van der Waals surface area contributed by atoms with Crippen LogP contribution in [0.15, 0.2) is 53.6 Å². The Labute approximate surface area is 184 Å².